The number of thioether (sulfide) groups is 1. The molecule has 1 amide bonds. The first-order valence-electron chi connectivity index (χ1n) is 10.1. The molecular formula is C23H29N3O2S2. The van der Waals surface area contributed by atoms with Crippen LogP contribution in [-0.2, 0) is 4.79 Å². The minimum atomic E-state index is 0.139. The van der Waals surface area contributed by atoms with Gasteiger partial charge < -0.3 is 9.64 Å². The molecular weight excluding hydrogens is 414 g/mol. The van der Waals surface area contributed by atoms with Gasteiger partial charge in [-0.1, -0.05) is 35.6 Å². The van der Waals surface area contributed by atoms with Crippen LogP contribution >= 0.6 is 23.1 Å². The molecule has 1 heterocycles. The predicted octanol–water partition coefficient (Wildman–Crippen LogP) is 5.16. The average molecular weight is 444 g/mol. The second kappa shape index (κ2) is 11.3. The van der Waals surface area contributed by atoms with Gasteiger partial charge in [-0.25, -0.2) is 4.98 Å². The van der Waals surface area contributed by atoms with E-state index in [2.05, 4.69) is 31.1 Å². The number of benzene rings is 2. The summed E-state index contributed by atoms with van der Waals surface area (Å²) in [6, 6.07) is 16.2. The van der Waals surface area contributed by atoms with Crippen molar-refractivity contribution >= 4 is 44.4 Å². The molecule has 7 heteroatoms. The van der Waals surface area contributed by atoms with Crippen molar-refractivity contribution in [1.82, 2.24) is 9.88 Å². The Balaban J connectivity index is 1.67. The monoisotopic (exact) mass is 443 g/mol. The molecule has 0 atom stereocenters. The Morgan fingerprint density at radius 3 is 2.60 bits per heavy atom. The molecule has 3 rings (SSSR count). The van der Waals surface area contributed by atoms with Crippen LogP contribution in [0.3, 0.4) is 0 Å². The summed E-state index contributed by atoms with van der Waals surface area (Å²) in [6.07, 6.45) is 2.27. The normalized spacial score (nSPS) is 11.2. The lowest BCUT2D eigenvalue weighted by Crippen LogP contribution is -2.33. The van der Waals surface area contributed by atoms with Gasteiger partial charge in [0.15, 0.2) is 5.13 Å². The van der Waals surface area contributed by atoms with Crippen molar-refractivity contribution in [2.24, 2.45) is 0 Å². The molecule has 3 aromatic rings. The van der Waals surface area contributed by atoms with Gasteiger partial charge in [0, 0.05) is 17.9 Å². The largest absolute Gasteiger partial charge is 0.494 e. The van der Waals surface area contributed by atoms with E-state index < -0.39 is 0 Å². The molecule has 0 bridgehead atoms. The van der Waals surface area contributed by atoms with Crippen LogP contribution in [0.4, 0.5) is 5.13 Å². The van der Waals surface area contributed by atoms with Gasteiger partial charge in [-0.3, -0.25) is 9.69 Å². The smallest absolute Gasteiger partial charge is 0.228 e. The summed E-state index contributed by atoms with van der Waals surface area (Å²) in [5.74, 6) is 1.81. The van der Waals surface area contributed by atoms with Crippen molar-refractivity contribution in [2.75, 3.05) is 44.9 Å². The molecule has 0 aliphatic heterocycles. The van der Waals surface area contributed by atoms with Crippen molar-refractivity contribution < 1.29 is 9.53 Å². The Hall–Kier alpha value is -2.09. The SMILES string of the molecule is COc1cccc2sc(N(CCCN(C)C)C(=O)CCCSc3ccccc3)nc12. The predicted molar refractivity (Wildman–Crippen MR) is 128 cm³/mol. The van der Waals surface area contributed by atoms with Gasteiger partial charge in [0.25, 0.3) is 0 Å². The topological polar surface area (TPSA) is 45.7 Å². The number of aromatic nitrogens is 1. The number of methoxy groups -OCH3 is 1. The highest BCUT2D eigenvalue weighted by molar-refractivity contribution is 7.99. The van der Waals surface area contributed by atoms with E-state index in [9.17, 15) is 4.79 Å². The fourth-order valence-corrected chi connectivity index (χ4v) is 5.03. The molecule has 160 valence electrons. The highest BCUT2D eigenvalue weighted by Crippen LogP contribution is 2.34. The Morgan fingerprint density at radius 2 is 1.87 bits per heavy atom. The first-order valence-corrected chi connectivity index (χ1v) is 11.9. The highest BCUT2D eigenvalue weighted by Gasteiger charge is 2.20. The number of thiazole rings is 1. The third kappa shape index (κ3) is 6.20. The summed E-state index contributed by atoms with van der Waals surface area (Å²) in [7, 11) is 5.75. The van der Waals surface area contributed by atoms with Gasteiger partial charge in [-0.2, -0.15) is 0 Å². The fourth-order valence-electron chi connectivity index (χ4n) is 3.13. The number of hydrogen-bond acceptors (Lipinski definition) is 6. The van der Waals surface area contributed by atoms with E-state index >= 15 is 0 Å². The Bertz CT molecular complexity index is 944. The first kappa shape index (κ1) is 22.6. The summed E-state index contributed by atoms with van der Waals surface area (Å²) in [6.45, 7) is 1.60. The molecule has 0 unspecified atom stereocenters. The summed E-state index contributed by atoms with van der Waals surface area (Å²) < 4.78 is 6.48. The number of amides is 1. The molecule has 5 nitrogen and oxygen atoms in total. The second-order valence-electron chi connectivity index (χ2n) is 7.27. The maximum atomic E-state index is 13.1. The van der Waals surface area contributed by atoms with Crippen LogP contribution in [0.15, 0.2) is 53.4 Å². The lowest BCUT2D eigenvalue weighted by Gasteiger charge is -2.21. The third-order valence-electron chi connectivity index (χ3n) is 4.66. The van der Waals surface area contributed by atoms with E-state index in [0.29, 0.717) is 13.0 Å². The molecule has 1 aromatic heterocycles. The minimum Gasteiger partial charge on any atom is -0.494 e. The standard InChI is InChI=1S/C23H29N3O2S2/c1-25(2)15-9-16-26(21(27)14-8-17-29-18-10-5-4-6-11-18)23-24-22-19(28-3)12-7-13-20(22)30-23/h4-7,10-13H,8-9,14-17H2,1-3H3. The number of ether oxygens (including phenoxy) is 1. The van der Waals surface area contributed by atoms with Crippen LogP contribution in [0.2, 0.25) is 0 Å². The Kier molecular flexibility index (Phi) is 8.54. The van der Waals surface area contributed by atoms with Crippen molar-refractivity contribution in [2.45, 2.75) is 24.2 Å². The molecule has 30 heavy (non-hydrogen) atoms. The second-order valence-corrected chi connectivity index (χ2v) is 9.45. The first-order chi connectivity index (χ1) is 14.6. The zero-order valence-corrected chi connectivity index (χ0v) is 19.5. The number of rotatable bonds is 11. The van der Waals surface area contributed by atoms with E-state index in [4.69, 9.17) is 9.72 Å². The van der Waals surface area contributed by atoms with E-state index in [0.717, 1.165) is 46.2 Å². The third-order valence-corrected chi connectivity index (χ3v) is 6.80. The molecule has 0 saturated heterocycles. The number of carbonyl (C=O) groups is 1. The van der Waals surface area contributed by atoms with Crippen LogP contribution in [0.1, 0.15) is 19.3 Å². The molecule has 0 radical (unpaired) electrons. The quantitative estimate of drug-likeness (QED) is 0.302. The van der Waals surface area contributed by atoms with Crippen LogP contribution in [0, 0.1) is 0 Å². The molecule has 0 spiro atoms. The van der Waals surface area contributed by atoms with Gasteiger partial charge in [0.1, 0.15) is 11.3 Å². The average Bonchev–Trinajstić information content (AvgIpc) is 3.18. The van der Waals surface area contributed by atoms with Crippen molar-refractivity contribution in [3.05, 3.63) is 48.5 Å². The summed E-state index contributed by atoms with van der Waals surface area (Å²) in [5, 5.41) is 0.758. The van der Waals surface area contributed by atoms with Crippen molar-refractivity contribution in [1.29, 1.82) is 0 Å². The fraction of sp³-hybridized carbons (Fsp3) is 0.391. The molecule has 0 N–H and O–H groups in total. The van der Waals surface area contributed by atoms with E-state index in [1.54, 1.807) is 30.2 Å². The van der Waals surface area contributed by atoms with E-state index in [-0.39, 0.29) is 5.91 Å². The maximum absolute atomic E-state index is 13.1. The van der Waals surface area contributed by atoms with Gasteiger partial charge in [0.2, 0.25) is 5.91 Å². The maximum Gasteiger partial charge on any atom is 0.228 e. The molecule has 0 saturated carbocycles. The Morgan fingerprint density at radius 1 is 1.07 bits per heavy atom. The number of nitrogens with zero attached hydrogens (tertiary/aromatic N) is 3. The summed E-state index contributed by atoms with van der Waals surface area (Å²) in [4.78, 5) is 23.1. The number of fused-ring (bicyclic) bond motifs is 1. The van der Waals surface area contributed by atoms with Crippen LogP contribution < -0.4 is 9.64 Å². The Labute approximate surface area is 187 Å². The summed E-state index contributed by atoms with van der Waals surface area (Å²) >= 11 is 3.35. The van der Waals surface area contributed by atoms with E-state index in [1.807, 2.05) is 41.3 Å². The number of para-hydroxylation sites is 1. The number of hydrogen-bond donors (Lipinski definition) is 0. The molecule has 0 aliphatic rings. The van der Waals surface area contributed by atoms with Gasteiger partial charge in [0.05, 0.1) is 11.8 Å². The van der Waals surface area contributed by atoms with Gasteiger partial charge in [-0.15, -0.1) is 11.8 Å². The van der Waals surface area contributed by atoms with Crippen LogP contribution in [0.5, 0.6) is 5.75 Å². The number of carbonyl (C=O) groups excluding carboxylic acids is 1. The lowest BCUT2D eigenvalue weighted by molar-refractivity contribution is -0.118. The highest BCUT2D eigenvalue weighted by atomic mass is 32.2. The number of anilines is 1. The zero-order chi connectivity index (χ0) is 21.3. The van der Waals surface area contributed by atoms with Crippen molar-refractivity contribution in [3.8, 4) is 5.75 Å². The molecule has 0 fully saturated rings. The zero-order valence-electron chi connectivity index (χ0n) is 17.8. The summed E-state index contributed by atoms with van der Waals surface area (Å²) in [5.41, 5.74) is 0.824. The van der Waals surface area contributed by atoms with Crippen LogP contribution in [0.25, 0.3) is 10.2 Å². The van der Waals surface area contributed by atoms with Gasteiger partial charge >= 0.3 is 0 Å². The van der Waals surface area contributed by atoms with Gasteiger partial charge in [-0.05, 0) is 63.5 Å². The molecule has 0 aliphatic carbocycles. The van der Waals surface area contributed by atoms with Crippen molar-refractivity contribution in [3.63, 3.8) is 0 Å². The minimum absolute atomic E-state index is 0.139. The molecule has 2 aromatic carbocycles. The van der Waals surface area contributed by atoms with Crippen LogP contribution in [-0.4, -0.2) is 55.8 Å². The lowest BCUT2D eigenvalue weighted by atomic mass is 10.3. The van der Waals surface area contributed by atoms with E-state index in [1.165, 1.54) is 4.90 Å².